The van der Waals surface area contributed by atoms with Gasteiger partial charge in [-0.1, -0.05) is 0 Å². The Labute approximate surface area is 172 Å². The number of nitrogens with zero attached hydrogens (tertiary/aromatic N) is 2. The number of aromatic nitrogens is 2. The molecule has 2 bridgehead atoms. The standard InChI is InChI=1S/C20H17F6N3O2/c21-19(22,23)13-6-10(4-5-27-13)15-29-14-11(2-1-3-12(14)31-15)28-16(30)17-7-18(8-17,9-17)20(24,25)26/h4-6,11H,1-3,7-9H2,(H,28,30)/t11-,17?,18?/m1/s1. The highest BCUT2D eigenvalue weighted by Gasteiger charge is 2.80. The quantitative estimate of drug-likeness (QED) is 0.677. The SMILES string of the molecule is O=C(N[C@@H]1CCCc2oc(-c3ccnc(C(F)(F)F)c3)nc21)C12CC(C(F)(F)F)(C1)C2. The largest absolute Gasteiger partial charge is 0.441 e. The third-order valence-electron chi connectivity index (χ3n) is 6.67. The molecule has 2 aromatic heterocycles. The van der Waals surface area contributed by atoms with Crippen molar-refractivity contribution in [2.75, 3.05) is 0 Å². The molecule has 4 aliphatic carbocycles. The highest BCUT2D eigenvalue weighted by atomic mass is 19.4. The number of aryl methyl sites for hydroxylation is 1. The van der Waals surface area contributed by atoms with Crippen LogP contribution < -0.4 is 5.32 Å². The fraction of sp³-hybridized carbons (Fsp3) is 0.550. The lowest BCUT2D eigenvalue weighted by atomic mass is 9.34. The number of hydrogen-bond donors (Lipinski definition) is 1. The molecule has 0 spiro atoms. The fourth-order valence-electron chi connectivity index (χ4n) is 5.04. The van der Waals surface area contributed by atoms with Gasteiger partial charge in [0.2, 0.25) is 11.8 Å². The second-order valence-electron chi connectivity index (χ2n) is 8.76. The van der Waals surface area contributed by atoms with Crippen LogP contribution in [0.3, 0.4) is 0 Å². The molecule has 1 atom stereocenters. The van der Waals surface area contributed by atoms with Crippen LogP contribution >= 0.6 is 0 Å². The van der Waals surface area contributed by atoms with Gasteiger partial charge in [0, 0.05) is 18.2 Å². The molecule has 0 aromatic carbocycles. The maximum absolute atomic E-state index is 13.0. The van der Waals surface area contributed by atoms with E-state index in [1.165, 1.54) is 6.07 Å². The predicted molar refractivity (Wildman–Crippen MR) is 93.3 cm³/mol. The Bertz CT molecular complexity index is 1040. The van der Waals surface area contributed by atoms with Crippen LogP contribution in [-0.2, 0) is 17.4 Å². The Morgan fingerprint density at radius 2 is 1.87 bits per heavy atom. The van der Waals surface area contributed by atoms with Gasteiger partial charge in [-0.2, -0.15) is 26.3 Å². The lowest BCUT2D eigenvalue weighted by molar-refractivity contribution is -0.351. The topological polar surface area (TPSA) is 68.0 Å². The summed E-state index contributed by atoms with van der Waals surface area (Å²) in [5.74, 6) is 0.0196. The molecule has 2 heterocycles. The minimum atomic E-state index is -4.62. The van der Waals surface area contributed by atoms with E-state index in [0.717, 1.165) is 12.3 Å². The number of alkyl halides is 6. The Kier molecular flexibility index (Phi) is 4.08. The summed E-state index contributed by atoms with van der Waals surface area (Å²) in [6.45, 7) is 0. The molecule has 5 nitrogen and oxygen atoms in total. The summed E-state index contributed by atoms with van der Waals surface area (Å²) >= 11 is 0. The number of amides is 1. The van der Waals surface area contributed by atoms with E-state index in [-0.39, 0.29) is 30.7 Å². The van der Waals surface area contributed by atoms with Gasteiger partial charge in [0.25, 0.3) is 0 Å². The van der Waals surface area contributed by atoms with Crippen LogP contribution in [0.5, 0.6) is 0 Å². The normalized spacial score (nSPS) is 29.5. The van der Waals surface area contributed by atoms with Crippen LogP contribution in [0.25, 0.3) is 11.5 Å². The van der Waals surface area contributed by atoms with Crippen LogP contribution in [0.2, 0.25) is 0 Å². The van der Waals surface area contributed by atoms with Gasteiger partial charge in [-0.3, -0.25) is 9.78 Å². The molecular weight excluding hydrogens is 428 g/mol. The van der Waals surface area contributed by atoms with Gasteiger partial charge in [0.1, 0.15) is 17.1 Å². The summed E-state index contributed by atoms with van der Waals surface area (Å²) in [6, 6.07) is 1.63. The van der Waals surface area contributed by atoms with Gasteiger partial charge in [0.15, 0.2) is 0 Å². The van der Waals surface area contributed by atoms with Crippen LogP contribution in [0.4, 0.5) is 26.3 Å². The van der Waals surface area contributed by atoms with Crippen molar-refractivity contribution in [2.45, 2.75) is 56.9 Å². The zero-order chi connectivity index (χ0) is 22.2. The number of rotatable bonds is 3. The van der Waals surface area contributed by atoms with E-state index in [9.17, 15) is 31.1 Å². The van der Waals surface area contributed by atoms with E-state index in [2.05, 4.69) is 15.3 Å². The summed E-state index contributed by atoms with van der Waals surface area (Å²) in [4.78, 5) is 20.3. The smallest absolute Gasteiger partial charge is 0.433 e. The minimum Gasteiger partial charge on any atom is -0.441 e. The molecule has 6 rings (SSSR count). The summed E-state index contributed by atoms with van der Waals surface area (Å²) in [5.41, 5.74) is -3.26. The maximum atomic E-state index is 13.0. The number of hydrogen-bond acceptors (Lipinski definition) is 4. The van der Waals surface area contributed by atoms with E-state index < -0.39 is 40.8 Å². The summed E-state index contributed by atoms with van der Waals surface area (Å²) in [7, 11) is 0. The number of oxazole rings is 1. The number of fused-ring (bicyclic) bond motifs is 1. The Morgan fingerprint density at radius 3 is 2.52 bits per heavy atom. The zero-order valence-electron chi connectivity index (χ0n) is 16.0. The number of nitrogens with one attached hydrogen (secondary N) is 1. The summed E-state index contributed by atoms with van der Waals surface area (Å²) < 4.78 is 83.6. The monoisotopic (exact) mass is 445 g/mol. The molecule has 3 fully saturated rings. The molecule has 1 N–H and O–H groups in total. The first-order valence-corrected chi connectivity index (χ1v) is 9.84. The number of carbonyl (C=O) groups excluding carboxylic acids is 1. The Morgan fingerprint density at radius 1 is 1.16 bits per heavy atom. The van der Waals surface area contributed by atoms with Gasteiger partial charge in [-0.05, 0) is 44.2 Å². The molecule has 4 aliphatic rings. The molecule has 0 unspecified atom stereocenters. The van der Waals surface area contributed by atoms with Crippen molar-refractivity contribution < 1.29 is 35.6 Å². The molecule has 0 radical (unpaired) electrons. The minimum absolute atomic E-state index is 0.0133. The fourth-order valence-corrected chi connectivity index (χ4v) is 5.04. The summed E-state index contributed by atoms with van der Waals surface area (Å²) in [6.07, 6.45) is -6.81. The van der Waals surface area contributed by atoms with Crippen molar-refractivity contribution in [3.05, 3.63) is 35.5 Å². The van der Waals surface area contributed by atoms with Crippen molar-refractivity contribution in [1.29, 1.82) is 0 Å². The zero-order valence-corrected chi connectivity index (χ0v) is 16.0. The highest BCUT2D eigenvalue weighted by Crippen LogP contribution is 2.78. The predicted octanol–water partition coefficient (Wildman–Crippen LogP) is 4.98. The van der Waals surface area contributed by atoms with Gasteiger partial charge in [-0.15, -0.1) is 0 Å². The van der Waals surface area contributed by atoms with Gasteiger partial charge in [0.05, 0.1) is 16.9 Å². The van der Waals surface area contributed by atoms with Crippen molar-refractivity contribution in [1.82, 2.24) is 15.3 Å². The van der Waals surface area contributed by atoms with Crippen LogP contribution in [0.1, 0.15) is 55.3 Å². The lowest BCUT2D eigenvalue weighted by Crippen LogP contribution is -2.72. The van der Waals surface area contributed by atoms with E-state index in [4.69, 9.17) is 4.42 Å². The molecule has 166 valence electrons. The van der Waals surface area contributed by atoms with Crippen molar-refractivity contribution in [2.24, 2.45) is 10.8 Å². The number of halogens is 6. The molecule has 0 aliphatic heterocycles. The van der Waals surface area contributed by atoms with E-state index in [1.807, 2.05) is 0 Å². The molecule has 1 amide bonds. The second kappa shape index (κ2) is 6.23. The van der Waals surface area contributed by atoms with Crippen LogP contribution in [0.15, 0.2) is 22.7 Å². The Balaban J connectivity index is 1.34. The Hall–Kier alpha value is -2.59. The second-order valence-corrected chi connectivity index (χ2v) is 8.76. The van der Waals surface area contributed by atoms with E-state index in [1.54, 1.807) is 0 Å². The molecule has 31 heavy (non-hydrogen) atoms. The van der Waals surface area contributed by atoms with E-state index >= 15 is 0 Å². The average molecular weight is 445 g/mol. The van der Waals surface area contributed by atoms with Crippen molar-refractivity contribution >= 4 is 5.91 Å². The third kappa shape index (κ3) is 3.03. The molecule has 0 saturated heterocycles. The van der Waals surface area contributed by atoms with Crippen molar-refractivity contribution in [3.8, 4) is 11.5 Å². The van der Waals surface area contributed by atoms with Gasteiger partial charge < -0.3 is 9.73 Å². The first kappa shape index (κ1) is 20.3. The van der Waals surface area contributed by atoms with E-state index in [0.29, 0.717) is 30.7 Å². The lowest BCUT2D eigenvalue weighted by Gasteiger charge is -2.69. The third-order valence-corrected chi connectivity index (χ3v) is 6.67. The first-order valence-electron chi connectivity index (χ1n) is 9.84. The van der Waals surface area contributed by atoms with Gasteiger partial charge in [-0.25, -0.2) is 4.98 Å². The van der Waals surface area contributed by atoms with Crippen molar-refractivity contribution in [3.63, 3.8) is 0 Å². The van der Waals surface area contributed by atoms with Gasteiger partial charge >= 0.3 is 12.4 Å². The molecular formula is C20H17F6N3O2. The molecule has 11 heteroatoms. The highest BCUT2D eigenvalue weighted by molar-refractivity contribution is 5.87. The van der Waals surface area contributed by atoms with Crippen LogP contribution in [-0.4, -0.2) is 22.1 Å². The summed E-state index contributed by atoms with van der Waals surface area (Å²) in [5, 5.41) is 2.80. The van der Waals surface area contributed by atoms with Crippen LogP contribution in [0, 0.1) is 10.8 Å². The average Bonchev–Trinajstić information content (AvgIpc) is 3.03. The first-order chi connectivity index (χ1) is 14.4. The maximum Gasteiger partial charge on any atom is 0.433 e. The number of carbonyl (C=O) groups is 1. The number of pyridine rings is 1. The molecule has 3 saturated carbocycles. The molecule has 2 aromatic rings.